The van der Waals surface area contributed by atoms with E-state index in [1.54, 1.807) is 0 Å². The Morgan fingerprint density at radius 1 is 0.780 bits per heavy atom. The van der Waals surface area contributed by atoms with Gasteiger partial charge in [-0.25, -0.2) is 18.7 Å². The van der Waals surface area contributed by atoms with Gasteiger partial charge in [-0.3, -0.25) is 37.7 Å². The van der Waals surface area contributed by atoms with E-state index in [1.807, 2.05) is 9.97 Å². The molecule has 0 radical (unpaired) electrons. The van der Waals surface area contributed by atoms with Crippen LogP contribution in [0.15, 0.2) is 43.7 Å². The van der Waals surface area contributed by atoms with Gasteiger partial charge in [-0.15, -0.1) is 0 Å². The van der Waals surface area contributed by atoms with Gasteiger partial charge in [0, 0.05) is 30.9 Å². The largest absolute Gasteiger partial charge is 0.469 e. The van der Waals surface area contributed by atoms with Crippen LogP contribution in [-0.2, 0) is 27.7 Å². The third kappa shape index (κ3) is 9.18. The zero-order valence-electron chi connectivity index (χ0n) is 20.5. The maximum absolute atomic E-state index is 11.6. The number of hydrogen-bond donors (Lipinski definition) is 9. The Kier molecular flexibility index (Phi) is 10.5. The van der Waals surface area contributed by atoms with Crippen LogP contribution in [0.4, 0.5) is 0 Å². The van der Waals surface area contributed by atoms with Gasteiger partial charge in [-0.1, -0.05) is 0 Å². The topological polar surface area (TPSA) is 322 Å². The Morgan fingerprint density at radius 3 is 1.76 bits per heavy atom. The number of rotatable bonds is 8. The summed E-state index contributed by atoms with van der Waals surface area (Å²) in [6.07, 6.45) is -6.22. The summed E-state index contributed by atoms with van der Waals surface area (Å²) in [6.45, 7) is -1.20. The molecule has 9 N–H and O–H groups in total. The highest BCUT2D eigenvalue weighted by Crippen LogP contribution is 2.39. The lowest BCUT2D eigenvalue weighted by Crippen LogP contribution is -2.37. The van der Waals surface area contributed by atoms with Crippen LogP contribution in [0.3, 0.4) is 0 Å². The number of nitrogens with one attached hydrogen (secondary N) is 2. The fraction of sp³-hybridized carbons (Fsp3) is 0.556. The molecule has 41 heavy (non-hydrogen) atoms. The van der Waals surface area contributed by atoms with Gasteiger partial charge in [-0.05, 0) is 0 Å². The third-order valence-electron chi connectivity index (χ3n) is 5.64. The van der Waals surface area contributed by atoms with Gasteiger partial charge in [-0.2, -0.15) is 0 Å². The van der Waals surface area contributed by atoms with Gasteiger partial charge < -0.3 is 44.4 Å². The standard InChI is InChI=1S/C9H13N2O9P.C9H13N2O8P/c12-5-1-2-11(9(15)10-5)8-7(14)6(13)4(20-8)3-19-21(16,17)18;12-5-3-8(11-2-1-7(13)10-9(11)14)19-6(5)4-18-20(15,16)17/h1-2,4,6-8,13-14H,3H2,(H,10,12,15)(H2,16,17,18);1-2,5-6,8,12H,3-4H2,(H,10,13,14)(H2,15,16,17)/t4-,6-,7-,8-;5-,6+,8+/m10/s1. The summed E-state index contributed by atoms with van der Waals surface area (Å²) in [6, 6.07) is 2.14. The molecule has 2 saturated heterocycles. The molecular formula is C18H26N4O17P2. The fourth-order valence-corrected chi connectivity index (χ4v) is 4.44. The summed E-state index contributed by atoms with van der Waals surface area (Å²) >= 11 is 0. The van der Waals surface area contributed by atoms with Crippen molar-refractivity contribution in [1.82, 2.24) is 19.1 Å². The molecule has 0 spiro atoms. The van der Waals surface area contributed by atoms with Gasteiger partial charge in [0.2, 0.25) is 0 Å². The van der Waals surface area contributed by atoms with Crippen LogP contribution >= 0.6 is 15.6 Å². The molecule has 0 amide bonds. The molecule has 0 aliphatic carbocycles. The molecule has 0 bridgehead atoms. The Labute approximate surface area is 226 Å². The Morgan fingerprint density at radius 2 is 1.27 bits per heavy atom. The molecule has 230 valence electrons. The molecule has 0 aromatic carbocycles. The molecule has 4 rings (SSSR count). The predicted molar refractivity (Wildman–Crippen MR) is 129 cm³/mol. The lowest BCUT2D eigenvalue weighted by atomic mass is 10.1. The monoisotopic (exact) mass is 632 g/mol. The van der Waals surface area contributed by atoms with Crippen molar-refractivity contribution in [2.45, 2.75) is 49.4 Å². The van der Waals surface area contributed by atoms with Crippen molar-refractivity contribution in [3.8, 4) is 0 Å². The number of H-pyrrole nitrogens is 2. The highest BCUT2D eigenvalue weighted by atomic mass is 31.2. The second-order valence-electron chi connectivity index (χ2n) is 8.59. The van der Waals surface area contributed by atoms with Gasteiger partial charge in [0.05, 0.1) is 19.3 Å². The van der Waals surface area contributed by atoms with Crippen LogP contribution in [0.25, 0.3) is 0 Å². The molecule has 0 saturated carbocycles. The number of aromatic amines is 2. The first kappa shape index (κ1) is 32.9. The first-order chi connectivity index (χ1) is 18.9. The highest BCUT2D eigenvalue weighted by molar-refractivity contribution is 7.46. The number of phosphoric ester groups is 2. The molecule has 2 aliphatic rings. The number of nitrogens with zero attached hydrogens (tertiary/aromatic N) is 2. The molecule has 21 nitrogen and oxygen atoms in total. The van der Waals surface area contributed by atoms with Gasteiger partial charge >= 0.3 is 27.0 Å². The van der Waals surface area contributed by atoms with Crippen LogP contribution in [-0.4, -0.2) is 97.7 Å². The van der Waals surface area contributed by atoms with Crippen molar-refractivity contribution < 1.29 is 62.5 Å². The molecule has 2 aromatic rings. The summed E-state index contributed by atoms with van der Waals surface area (Å²) in [5, 5.41) is 29.3. The molecule has 2 fully saturated rings. The fourth-order valence-electron chi connectivity index (χ4n) is 3.76. The second kappa shape index (κ2) is 13.1. The minimum Gasteiger partial charge on any atom is -0.390 e. The zero-order chi connectivity index (χ0) is 30.7. The normalized spacial score (nSPS) is 28.3. The molecule has 4 heterocycles. The highest BCUT2D eigenvalue weighted by Gasteiger charge is 2.45. The first-order valence-electron chi connectivity index (χ1n) is 11.3. The van der Waals surface area contributed by atoms with E-state index in [0.717, 1.165) is 27.5 Å². The van der Waals surface area contributed by atoms with Crippen molar-refractivity contribution in [2.24, 2.45) is 0 Å². The average molecular weight is 632 g/mol. The van der Waals surface area contributed by atoms with E-state index in [-0.39, 0.29) is 6.42 Å². The number of hydrogen-bond acceptors (Lipinski definition) is 13. The van der Waals surface area contributed by atoms with Crippen molar-refractivity contribution in [2.75, 3.05) is 13.2 Å². The number of ether oxygens (including phenoxy) is 2. The van der Waals surface area contributed by atoms with Gasteiger partial charge in [0.1, 0.15) is 30.6 Å². The van der Waals surface area contributed by atoms with Gasteiger partial charge in [0.15, 0.2) is 6.23 Å². The quantitative estimate of drug-likeness (QED) is 0.124. The van der Waals surface area contributed by atoms with Crippen LogP contribution < -0.4 is 22.5 Å². The zero-order valence-corrected chi connectivity index (χ0v) is 22.3. The Hall–Kier alpha value is -2.62. The molecular weight excluding hydrogens is 606 g/mol. The number of aliphatic hydroxyl groups excluding tert-OH is 3. The van der Waals surface area contributed by atoms with Crippen LogP contribution in [0.5, 0.6) is 0 Å². The average Bonchev–Trinajstić information content (AvgIpc) is 3.35. The Balaban J connectivity index is 0.000000226. The van der Waals surface area contributed by atoms with E-state index in [4.69, 9.17) is 29.0 Å². The minimum absolute atomic E-state index is 0.0289. The lowest BCUT2D eigenvalue weighted by molar-refractivity contribution is -0.0543. The van der Waals surface area contributed by atoms with Crippen molar-refractivity contribution >= 4 is 15.6 Å². The number of aromatic nitrogens is 4. The summed E-state index contributed by atoms with van der Waals surface area (Å²) < 4.78 is 42.0. The van der Waals surface area contributed by atoms with Crippen LogP contribution in [0, 0.1) is 0 Å². The number of aliphatic hydroxyl groups is 3. The first-order valence-corrected chi connectivity index (χ1v) is 14.4. The smallest absolute Gasteiger partial charge is 0.390 e. The maximum atomic E-state index is 11.6. The van der Waals surface area contributed by atoms with E-state index >= 15 is 0 Å². The van der Waals surface area contributed by atoms with E-state index in [9.17, 15) is 43.6 Å². The lowest BCUT2D eigenvalue weighted by Gasteiger charge is -2.16. The summed E-state index contributed by atoms with van der Waals surface area (Å²) in [5.41, 5.74) is -2.78. The van der Waals surface area contributed by atoms with E-state index in [0.29, 0.717) is 0 Å². The van der Waals surface area contributed by atoms with Crippen molar-refractivity contribution in [3.63, 3.8) is 0 Å². The second-order valence-corrected chi connectivity index (χ2v) is 11.1. The van der Waals surface area contributed by atoms with E-state index < -0.39 is 94.3 Å². The maximum Gasteiger partial charge on any atom is 0.469 e. The van der Waals surface area contributed by atoms with Crippen molar-refractivity contribution in [1.29, 1.82) is 0 Å². The van der Waals surface area contributed by atoms with Crippen molar-refractivity contribution in [3.05, 3.63) is 66.2 Å². The molecule has 2 aliphatic heterocycles. The molecule has 7 atom stereocenters. The summed E-state index contributed by atoms with van der Waals surface area (Å²) in [4.78, 5) is 83.3. The molecule has 0 unspecified atom stereocenters. The summed E-state index contributed by atoms with van der Waals surface area (Å²) in [7, 11) is -9.42. The SMILES string of the molecule is O=c1ccn([C@@H]2O[C@H](COP(=O)(O)O)[C@@H](O)[C@H]2O)c(=O)[nH]1.O=c1ccn([C@H]2C[C@H](O)[C@@H](COP(=O)(O)O)O2)c(=O)[nH]1. The predicted octanol–water partition coefficient (Wildman–Crippen LogP) is -4.44. The van der Waals surface area contributed by atoms with Gasteiger partial charge in [0.25, 0.3) is 11.1 Å². The van der Waals surface area contributed by atoms with E-state index in [1.165, 1.54) is 6.20 Å². The number of phosphoric acid groups is 2. The van der Waals surface area contributed by atoms with Crippen LogP contribution in [0.2, 0.25) is 0 Å². The molecule has 2 aromatic heterocycles. The Bertz CT molecular complexity index is 1520. The van der Waals surface area contributed by atoms with E-state index in [2.05, 4.69) is 9.05 Å². The third-order valence-corrected chi connectivity index (χ3v) is 6.61. The van der Waals surface area contributed by atoms with Crippen LogP contribution in [0.1, 0.15) is 18.9 Å². The molecule has 23 heteroatoms. The minimum atomic E-state index is -4.76. The summed E-state index contributed by atoms with van der Waals surface area (Å²) in [5.74, 6) is 0.